The molecule has 0 heterocycles. The second-order valence-electron chi connectivity index (χ2n) is 4.30. The zero-order valence-electron chi connectivity index (χ0n) is 10.9. The minimum atomic E-state index is 0.513. The first-order chi connectivity index (χ1) is 8.60. The minimum Gasteiger partial charge on any atom is -0.494 e. The van der Waals surface area contributed by atoms with Crippen LogP contribution < -0.4 is 15.2 Å². The Morgan fingerprint density at radius 1 is 0.944 bits per heavy atom. The molecule has 0 atom stereocenters. The number of anilines is 1. The van der Waals surface area contributed by atoms with E-state index in [9.17, 15) is 0 Å². The van der Waals surface area contributed by atoms with Crippen molar-refractivity contribution in [2.75, 3.05) is 12.8 Å². The van der Waals surface area contributed by atoms with Crippen molar-refractivity contribution in [1.82, 2.24) is 0 Å². The van der Waals surface area contributed by atoms with Gasteiger partial charge in [0.05, 0.1) is 7.11 Å². The molecule has 0 radical (unpaired) electrons. The number of para-hydroxylation sites is 1. The van der Waals surface area contributed by atoms with Gasteiger partial charge in [0.2, 0.25) is 0 Å². The largest absolute Gasteiger partial charge is 0.494 e. The van der Waals surface area contributed by atoms with Crippen LogP contribution in [0.4, 0.5) is 5.69 Å². The fourth-order valence-electron chi connectivity index (χ4n) is 1.91. The third-order valence-electron chi connectivity index (χ3n) is 2.67. The van der Waals surface area contributed by atoms with Crippen LogP contribution in [0.3, 0.4) is 0 Å². The highest BCUT2D eigenvalue weighted by Gasteiger charge is 2.07. The summed E-state index contributed by atoms with van der Waals surface area (Å²) in [4.78, 5) is 0. The lowest BCUT2D eigenvalue weighted by atomic mass is 10.1. The summed E-state index contributed by atoms with van der Waals surface area (Å²) in [6.45, 7) is 4.07. The van der Waals surface area contributed by atoms with Crippen LogP contribution in [0.1, 0.15) is 11.1 Å². The smallest absolute Gasteiger partial charge is 0.154 e. The quantitative estimate of drug-likeness (QED) is 0.836. The van der Waals surface area contributed by atoms with E-state index in [1.165, 1.54) is 0 Å². The molecule has 0 unspecified atom stereocenters. The number of hydrogen-bond donors (Lipinski definition) is 1. The van der Waals surface area contributed by atoms with Crippen molar-refractivity contribution in [1.29, 1.82) is 0 Å². The molecular weight excluding hydrogens is 226 g/mol. The number of benzene rings is 2. The van der Waals surface area contributed by atoms with Gasteiger partial charge in [0.1, 0.15) is 17.2 Å². The Labute approximate surface area is 107 Å². The molecule has 0 fully saturated rings. The van der Waals surface area contributed by atoms with Crippen LogP contribution in [0.2, 0.25) is 0 Å². The molecule has 0 bridgehead atoms. The molecule has 2 aromatic carbocycles. The molecule has 3 nitrogen and oxygen atoms in total. The first-order valence-electron chi connectivity index (χ1n) is 5.79. The molecule has 0 aromatic heterocycles. The molecule has 2 N–H and O–H groups in total. The first-order valence-corrected chi connectivity index (χ1v) is 5.79. The van der Waals surface area contributed by atoms with E-state index in [1.807, 2.05) is 44.2 Å². The van der Waals surface area contributed by atoms with Gasteiger partial charge in [0.15, 0.2) is 5.75 Å². The molecule has 2 rings (SSSR count). The summed E-state index contributed by atoms with van der Waals surface area (Å²) in [6, 6.07) is 11.5. The van der Waals surface area contributed by atoms with Crippen LogP contribution in [0.25, 0.3) is 0 Å². The average molecular weight is 243 g/mol. The summed E-state index contributed by atoms with van der Waals surface area (Å²) in [6.07, 6.45) is 0. The van der Waals surface area contributed by atoms with E-state index in [4.69, 9.17) is 15.2 Å². The topological polar surface area (TPSA) is 44.5 Å². The van der Waals surface area contributed by atoms with E-state index >= 15 is 0 Å². The Kier molecular flexibility index (Phi) is 3.42. The SMILES string of the molecule is COc1cccc(Oc2cc(C)cc(C)c2)c1N. The van der Waals surface area contributed by atoms with E-state index < -0.39 is 0 Å². The third-order valence-corrected chi connectivity index (χ3v) is 2.67. The van der Waals surface area contributed by atoms with Crippen LogP contribution in [0, 0.1) is 13.8 Å². The molecule has 0 saturated heterocycles. The van der Waals surface area contributed by atoms with Gasteiger partial charge in [-0.1, -0.05) is 12.1 Å². The van der Waals surface area contributed by atoms with Crippen molar-refractivity contribution in [3.05, 3.63) is 47.5 Å². The Hall–Kier alpha value is -2.16. The number of nitrogen functional groups attached to an aromatic ring is 1. The van der Waals surface area contributed by atoms with Gasteiger partial charge in [-0.05, 0) is 49.2 Å². The lowest BCUT2D eigenvalue weighted by Gasteiger charge is -2.12. The van der Waals surface area contributed by atoms with Gasteiger partial charge < -0.3 is 15.2 Å². The summed E-state index contributed by atoms with van der Waals surface area (Å²) in [7, 11) is 1.59. The lowest BCUT2D eigenvalue weighted by molar-refractivity contribution is 0.412. The van der Waals surface area contributed by atoms with E-state index in [0.717, 1.165) is 16.9 Å². The predicted molar refractivity (Wildman–Crippen MR) is 73.4 cm³/mol. The second kappa shape index (κ2) is 5.00. The number of nitrogens with two attached hydrogens (primary N) is 1. The van der Waals surface area contributed by atoms with Crippen LogP contribution >= 0.6 is 0 Å². The van der Waals surface area contributed by atoms with Crippen molar-refractivity contribution in [2.24, 2.45) is 0 Å². The molecular formula is C15H17NO2. The van der Waals surface area contributed by atoms with E-state index in [0.29, 0.717) is 17.2 Å². The summed E-state index contributed by atoms with van der Waals surface area (Å²) in [5, 5.41) is 0. The number of rotatable bonds is 3. The molecule has 2 aromatic rings. The van der Waals surface area contributed by atoms with Crippen LogP contribution in [-0.2, 0) is 0 Å². The van der Waals surface area contributed by atoms with Crippen molar-refractivity contribution < 1.29 is 9.47 Å². The van der Waals surface area contributed by atoms with Gasteiger partial charge in [-0.3, -0.25) is 0 Å². The Balaban J connectivity index is 2.34. The molecule has 3 heteroatoms. The van der Waals surface area contributed by atoms with E-state index in [-0.39, 0.29) is 0 Å². The maximum Gasteiger partial charge on any atom is 0.154 e. The fraction of sp³-hybridized carbons (Fsp3) is 0.200. The van der Waals surface area contributed by atoms with E-state index in [2.05, 4.69) is 6.07 Å². The molecule has 0 aliphatic carbocycles. The number of ether oxygens (including phenoxy) is 2. The van der Waals surface area contributed by atoms with Crippen LogP contribution in [0.5, 0.6) is 17.2 Å². The standard InChI is InChI=1S/C15H17NO2/c1-10-7-11(2)9-12(8-10)18-14-6-4-5-13(17-3)15(14)16/h4-9H,16H2,1-3H3. The summed E-state index contributed by atoms with van der Waals surface area (Å²) in [5.74, 6) is 2.02. The van der Waals surface area contributed by atoms with Crippen molar-refractivity contribution in [2.45, 2.75) is 13.8 Å². The Morgan fingerprint density at radius 3 is 2.17 bits per heavy atom. The summed E-state index contributed by atoms with van der Waals surface area (Å²) in [5.41, 5.74) is 8.80. The average Bonchev–Trinajstić information content (AvgIpc) is 2.30. The summed E-state index contributed by atoms with van der Waals surface area (Å²) >= 11 is 0. The van der Waals surface area contributed by atoms with Gasteiger partial charge in [-0.25, -0.2) is 0 Å². The summed E-state index contributed by atoms with van der Waals surface area (Å²) < 4.78 is 11.0. The van der Waals surface area contributed by atoms with Crippen LogP contribution in [-0.4, -0.2) is 7.11 Å². The first kappa shape index (κ1) is 12.3. The molecule has 0 saturated carbocycles. The maximum absolute atomic E-state index is 5.97. The van der Waals surface area contributed by atoms with E-state index in [1.54, 1.807) is 7.11 Å². The van der Waals surface area contributed by atoms with Crippen molar-refractivity contribution >= 4 is 5.69 Å². The highest BCUT2D eigenvalue weighted by atomic mass is 16.5. The van der Waals surface area contributed by atoms with Gasteiger partial charge >= 0.3 is 0 Å². The highest BCUT2D eigenvalue weighted by molar-refractivity contribution is 5.63. The molecule has 94 valence electrons. The number of hydrogen-bond acceptors (Lipinski definition) is 3. The second-order valence-corrected chi connectivity index (χ2v) is 4.30. The maximum atomic E-state index is 5.97. The molecule has 0 aliphatic heterocycles. The van der Waals surface area contributed by atoms with Gasteiger partial charge in [0, 0.05) is 0 Å². The third kappa shape index (κ3) is 2.56. The molecule has 0 amide bonds. The minimum absolute atomic E-state index is 0.513. The monoisotopic (exact) mass is 243 g/mol. The molecule has 0 aliphatic rings. The van der Waals surface area contributed by atoms with Gasteiger partial charge in [0.25, 0.3) is 0 Å². The lowest BCUT2D eigenvalue weighted by Crippen LogP contribution is -1.96. The molecule has 18 heavy (non-hydrogen) atoms. The fourth-order valence-corrected chi connectivity index (χ4v) is 1.91. The highest BCUT2D eigenvalue weighted by Crippen LogP contribution is 2.34. The van der Waals surface area contributed by atoms with Gasteiger partial charge in [-0.15, -0.1) is 0 Å². The predicted octanol–water partition coefficient (Wildman–Crippen LogP) is 3.69. The number of aryl methyl sites for hydroxylation is 2. The Morgan fingerprint density at radius 2 is 1.56 bits per heavy atom. The van der Waals surface area contributed by atoms with Gasteiger partial charge in [-0.2, -0.15) is 0 Å². The zero-order chi connectivity index (χ0) is 13.1. The van der Waals surface area contributed by atoms with Crippen LogP contribution in [0.15, 0.2) is 36.4 Å². The Bertz CT molecular complexity index is 544. The normalized spacial score (nSPS) is 10.2. The van der Waals surface area contributed by atoms with Crippen molar-refractivity contribution in [3.8, 4) is 17.2 Å². The molecule has 0 spiro atoms. The zero-order valence-corrected chi connectivity index (χ0v) is 10.9. The number of methoxy groups -OCH3 is 1. The van der Waals surface area contributed by atoms with Crippen molar-refractivity contribution in [3.63, 3.8) is 0 Å².